The Balaban J connectivity index is 3.74. The second kappa shape index (κ2) is 4.55. The Hall–Kier alpha value is -0.397. The normalized spacial score (nSPS) is 17.8. The summed E-state index contributed by atoms with van der Waals surface area (Å²) in [4.78, 5) is 0. The average molecular weight is 343 g/mol. The Bertz CT molecular complexity index is 423. The SMILES string of the molecule is C[O][Zn]([CH2]c1ccccc1)([O]C)([O]C)([O]C)([O]C)[O]C. The first-order valence-corrected chi connectivity index (χ1v) is 16.3. The first-order chi connectivity index (χ1) is 9.34. The first kappa shape index (κ1) is 17.7. The maximum absolute atomic E-state index is 6.80. The summed E-state index contributed by atoms with van der Waals surface area (Å²) in [7, 11) is 8.40. The zero-order chi connectivity index (χ0) is 15.4. The van der Waals surface area contributed by atoms with Crippen LogP contribution in [-0.4, -0.2) is 42.7 Å². The Labute approximate surface area is 118 Å². The molecule has 20 heavy (non-hydrogen) atoms. The summed E-state index contributed by atoms with van der Waals surface area (Å²) in [6.45, 7) is 0. The molecule has 0 bridgehead atoms. The predicted octanol–water partition coefficient (Wildman–Crippen LogP) is 2.32. The molecular weight excluding hydrogens is 318 g/mol. The van der Waals surface area contributed by atoms with Crippen molar-refractivity contribution in [3.05, 3.63) is 35.9 Å². The minimum absolute atomic E-state index is 0.0653. The molecule has 0 aliphatic heterocycles. The van der Waals surface area contributed by atoms with Crippen molar-refractivity contribution in [3.8, 4) is 0 Å². The fraction of sp³-hybridized carbons (Fsp3) is 0.538. The fourth-order valence-corrected chi connectivity index (χ4v) is 17.4. The molecule has 0 radical (unpaired) electrons. The van der Waals surface area contributed by atoms with Gasteiger partial charge in [0.25, 0.3) is 0 Å². The topological polar surface area (TPSA) is 55.4 Å². The van der Waals surface area contributed by atoms with Gasteiger partial charge >= 0.3 is 118 Å². The quantitative estimate of drug-likeness (QED) is 0.676. The molecule has 1 aromatic rings. The minimum atomic E-state index is -6.80. The van der Waals surface area contributed by atoms with Gasteiger partial charge in [-0.25, -0.2) is 0 Å². The third kappa shape index (κ3) is 1.82. The van der Waals surface area contributed by atoms with Crippen molar-refractivity contribution in [2.24, 2.45) is 0 Å². The Kier molecular flexibility index (Phi) is 4.01. The van der Waals surface area contributed by atoms with Gasteiger partial charge in [-0.1, -0.05) is 0 Å². The third-order valence-corrected chi connectivity index (χ3v) is 30.3. The monoisotopic (exact) mass is 341 g/mol. The van der Waals surface area contributed by atoms with E-state index in [2.05, 4.69) is 0 Å². The molecule has 0 amide bonds. The van der Waals surface area contributed by atoms with Crippen LogP contribution in [0.15, 0.2) is 30.3 Å². The second-order valence-corrected chi connectivity index (χ2v) is 27.3. The van der Waals surface area contributed by atoms with Crippen molar-refractivity contribution >= 4 is 0 Å². The first-order valence-electron chi connectivity index (χ1n) is 6.95. The molecule has 0 aliphatic carbocycles. The summed E-state index contributed by atoms with van der Waals surface area (Å²) in [5.74, 6) is 0. The summed E-state index contributed by atoms with van der Waals surface area (Å²) in [5.41, 5.74) is 0.841. The van der Waals surface area contributed by atoms with Gasteiger partial charge in [-0.15, -0.1) is 0 Å². The van der Waals surface area contributed by atoms with E-state index in [0.29, 0.717) is 0 Å². The van der Waals surface area contributed by atoms with Gasteiger partial charge < -0.3 is 0 Å². The van der Waals surface area contributed by atoms with Gasteiger partial charge in [0.15, 0.2) is 0 Å². The number of hydrogen-bond donors (Lipinski definition) is 0. The molecule has 0 heterocycles. The molecule has 1 rings (SSSR count). The van der Waals surface area contributed by atoms with E-state index in [1.807, 2.05) is 30.3 Å². The summed E-state index contributed by atoms with van der Waals surface area (Å²) >= 11 is -6.80. The van der Waals surface area contributed by atoms with Gasteiger partial charge in [0.1, 0.15) is 0 Å². The van der Waals surface area contributed by atoms with Gasteiger partial charge in [0.2, 0.25) is 0 Å². The van der Waals surface area contributed by atoms with Crippen LogP contribution in [0.4, 0.5) is 0 Å². The van der Waals surface area contributed by atoms with Gasteiger partial charge in [0.05, 0.1) is 0 Å². The van der Waals surface area contributed by atoms with Crippen LogP contribution in [0.25, 0.3) is 0 Å². The van der Waals surface area contributed by atoms with Crippen LogP contribution in [0.2, 0.25) is 0 Å². The summed E-state index contributed by atoms with van der Waals surface area (Å²) in [5, 5.41) is 0.0653. The predicted molar refractivity (Wildman–Crippen MR) is 72.2 cm³/mol. The summed E-state index contributed by atoms with van der Waals surface area (Å²) in [6, 6.07) is 9.47. The van der Waals surface area contributed by atoms with Crippen LogP contribution in [0.3, 0.4) is 0 Å². The van der Waals surface area contributed by atoms with Crippen molar-refractivity contribution in [2.45, 2.75) is 5.02 Å². The third-order valence-electron chi connectivity index (χ3n) is 6.50. The van der Waals surface area contributed by atoms with Crippen LogP contribution >= 0.6 is 0 Å². The van der Waals surface area contributed by atoms with E-state index in [1.54, 1.807) is 0 Å². The van der Waals surface area contributed by atoms with E-state index in [4.69, 9.17) is 21.4 Å². The summed E-state index contributed by atoms with van der Waals surface area (Å²) < 4.78 is 34.4. The molecule has 6 nitrogen and oxygen atoms in total. The molecule has 0 N–H and O–H groups in total. The zero-order valence-corrected chi connectivity index (χ0v) is 16.2. The fourth-order valence-electron chi connectivity index (χ4n) is 3.73. The Morgan fingerprint density at radius 2 is 1.00 bits per heavy atom. The molecule has 0 spiro atoms. The van der Waals surface area contributed by atoms with Crippen LogP contribution in [0.1, 0.15) is 5.56 Å². The zero-order valence-electron chi connectivity index (χ0n) is 13.3. The number of hydrogen-bond acceptors (Lipinski definition) is 6. The molecule has 7 heteroatoms. The van der Waals surface area contributed by atoms with E-state index in [0.717, 1.165) is 5.56 Å². The van der Waals surface area contributed by atoms with Gasteiger partial charge in [-0.05, 0) is 0 Å². The summed E-state index contributed by atoms with van der Waals surface area (Å²) in [6.07, 6.45) is 0. The second-order valence-electron chi connectivity index (χ2n) is 6.46. The molecule has 0 fully saturated rings. The standard InChI is InChI=1S/C7H7.6CH3O.Zn/c1-7-5-3-2-4-6-7;6*1-2;/h2-6H,1H2;6*1H3;/q;6*-1;+6. The maximum atomic E-state index is 5.74. The molecule has 0 aliphatic rings. The van der Waals surface area contributed by atoms with E-state index in [9.17, 15) is 0 Å². The van der Waals surface area contributed by atoms with Gasteiger partial charge in [-0.2, -0.15) is 0 Å². The van der Waals surface area contributed by atoms with Crippen LogP contribution in [-0.2, 0) is 39.8 Å². The Morgan fingerprint density at radius 1 is 0.650 bits per heavy atom. The number of rotatable bonds is 8. The molecule has 0 atom stereocenters. The van der Waals surface area contributed by atoms with Crippen molar-refractivity contribution in [1.29, 1.82) is 0 Å². The number of benzene rings is 1. The van der Waals surface area contributed by atoms with Crippen molar-refractivity contribution in [3.63, 3.8) is 0 Å². The van der Waals surface area contributed by atoms with E-state index in [-0.39, 0.29) is 5.02 Å². The molecule has 0 saturated heterocycles. The van der Waals surface area contributed by atoms with Crippen LogP contribution in [0, 0.1) is 0 Å². The van der Waals surface area contributed by atoms with Crippen LogP contribution in [0.5, 0.6) is 0 Å². The molecule has 1 aromatic carbocycles. The van der Waals surface area contributed by atoms with Gasteiger partial charge in [-0.3, -0.25) is 0 Å². The Morgan fingerprint density at radius 3 is 1.30 bits per heavy atom. The van der Waals surface area contributed by atoms with Gasteiger partial charge in [0, 0.05) is 0 Å². The van der Waals surface area contributed by atoms with E-state index in [1.165, 1.54) is 42.7 Å². The van der Waals surface area contributed by atoms with Crippen molar-refractivity contribution in [1.82, 2.24) is 0 Å². The molecular formula is C13H25O6Zn. The molecule has 0 unspecified atom stereocenters. The average Bonchev–Trinajstić information content (AvgIpc) is 2.56. The van der Waals surface area contributed by atoms with Crippen molar-refractivity contribution in [2.75, 3.05) is 42.7 Å². The molecule has 0 aromatic heterocycles. The van der Waals surface area contributed by atoms with Crippen LogP contribution < -0.4 is 0 Å². The van der Waals surface area contributed by atoms with E-state index >= 15 is 0 Å². The molecule has 0 saturated carbocycles. The van der Waals surface area contributed by atoms with Crippen molar-refractivity contribution < 1.29 is 34.8 Å². The molecule has 115 valence electrons. The van der Waals surface area contributed by atoms with E-state index < -0.39 is 13.4 Å².